The molecule has 3 heteroatoms. The summed E-state index contributed by atoms with van der Waals surface area (Å²) in [5, 5.41) is 10.1. The fourth-order valence-corrected chi connectivity index (χ4v) is 0.831. The van der Waals surface area contributed by atoms with Gasteiger partial charge in [-0.05, 0) is 24.3 Å². The van der Waals surface area contributed by atoms with Crippen LogP contribution < -0.4 is 9.47 Å². The van der Waals surface area contributed by atoms with E-state index in [1.165, 1.54) is 0 Å². The van der Waals surface area contributed by atoms with Crippen molar-refractivity contribution in [3.05, 3.63) is 24.3 Å². The molecule has 1 radical (unpaired) electrons. The van der Waals surface area contributed by atoms with Crippen LogP contribution in [0.1, 0.15) is 0 Å². The van der Waals surface area contributed by atoms with Crippen LogP contribution >= 0.6 is 0 Å². The molecule has 0 amide bonds. The summed E-state index contributed by atoms with van der Waals surface area (Å²) in [6, 6.07) is 7.13. The Hall–Kier alpha value is -1.22. The summed E-state index contributed by atoms with van der Waals surface area (Å²) in [6.07, 6.45) is 0. The summed E-state index contributed by atoms with van der Waals surface area (Å²) < 4.78 is 10.0. The van der Waals surface area contributed by atoms with Crippen LogP contribution in [0.3, 0.4) is 0 Å². The molecule has 0 fully saturated rings. The van der Waals surface area contributed by atoms with Crippen molar-refractivity contribution in [3.63, 3.8) is 0 Å². The normalized spacial score (nSPS) is 9.50. The first-order valence-corrected chi connectivity index (χ1v) is 3.72. The SMILES string of the molecule is COc1ccc(OCC[O])cc1. The van der Waals surface area contributed by atoms with Gasteiger partial charge in [-0.15, -0.1) is 0 Å². The summed E-state index contributed by atoms with van der Waals surface area (Å²) in [5.41, 5.74) is 0. The highest BCUT2D eigenvalue weighted by Gasteiger charge is 1.93. The van der Waals surface area contributed by atoms with Gasteiger partial charge in [-0.25, -0.2) is 5.11 Å². The van der Waals surface area contributed by atoms with Crippen molar-refractivity contribution in [2.75, 3.05) is 20.3 Å². The molecule has 0 aliphatic rings. The first-order chi connectivity index (χ1) is 5.86. The Morgan fingerprint density at radius 3 is 2.25 bits per heavy atom. The third-order valence-corrected chi connectivity index (χ3v) is 1.41. The van der Waals surface area contributed by atoms with Crippen molar-refractivity contribution >= 4 is 0 Å². The van der Waals surface area contributed by atoms with Crippen molar-refractivity contribution in [1.29, 1.82) is 0 Å². The molecule has 0 aromatic heterocycles. The predicted molar refractivity (Wildman–Crippen MR) is 44.0 cm³/mol. The molecule has 0 unspecified atom stereocenters. The molecule has 1 rings (SSSR count). The Morgan fingerprint density at radius 1 is 1.17 bits per heavy atom. The zero-order chi connectivity index (χ0) is 8.81. The molecule has 0 N–H and O–H groups in total. The van der Waals surface area contributed by atoms with Crippen molar-refractivity contribution in [2.45, 2.75) is 0 Å². The van der Waals surface area contributed by atoms with E-state index in [1.807, 2.05) is 0 Å². The molecule has 0 aliphatic heterocycles. The summed E-state index contributed by atoms with van der Waals surface area (Å²) >= 11 is 0. The number of hydrogen-bond donors (Lipinski definition) is 0. The van der Waals surface area contributed by atoms with E-state index in [2.05, 4.69) is 0 Å². The minimum absolute atomic E-state index is 0.215. The summed E-state index contributed by atoms with van der Waals surface area (Å²) in [6.45, 7) is -0.00163. The highest BCUT2D eigenvalue weighted by Crippen LogP contribution is 2.16. The van der Waals surface area contributed by atoms with Gasteiger partial charge in [0.15, 0.2) is 0 Å². The lowest BCUT2D eigenvalue weighted by atomic mass is 10.3. The molecular weight excluding hydrogens is 156 g/mol. The van der Waals surface area contributed by atoms with Gasteiger partial charge in [-0.2, -0.15) is 0 Å². The van der Waals surface area contributed by atoms with Crippen molar-refractivity contribution < 1.29 is 14.6 Å². The molecule has 0 saturated heterocycles. The number of ether oxygens (including phenoxy) is 2. The molecule has 1 aromatic rings. The van der Waals surface area contributed by atoms with Crippen LogP contribution in [-0.2, 0) is 5.11 Å². The molecule has 0 saturated carbocycles. The maximum Gasteiger partial charge on any atom is 0.119 e. The lowest BCUT2D eigenvalue weighted by Crippen LogP contribution is -2.00. The van der Waals surface area contributed by atoms with Crippen molar-refractivity contribution in [3.8, 4) is 11.5 Å². The van der Waals surface area contributed by atoms with Crippen molar-refractivity contribution in [1.82, 2.24) is 0 Å². The highest BCUT2D eigenvalue weighted by atomic mass is 16.5. The molecule has 65 valence electrons. The molecule has 3 nitrogen and oxygen atoms in total. The van der Waals surface area contributed by atoms with Gasteiger partial charge in [0, 0.05) is 0 Å². The molecule has 0 aliphatic carbocycles. The van der Waals surface area contributed by atoms with Crippen molar-refractivity contribution in [2.24, 2.45) is 0 Å². The first-order valence-electron chi connectivity index (χ1n) is 3.72. The zero-order valence-corrected chi connectivity index (χ0v) is 6.95. The summed E-state index contributed by atoms with van der Waals surface area (Å²) in [5.74, 6) is 1.48. The second-order valence-corrected chi connectivity index (χ2v) is 2.23. The van der Waals surface area contributed by atoms with Gasteiger partial charge in [0.05, 0.1) is 7.11 Å². The lowest BCUT2D eigenvalue weighted by molar-refractivity contribution is 0.138. The average molecular weight is 167 g/mol. The van der Waals surface area contributed by atoms with E-state index in [-0.39, 0.29) is 13.2 Å². The Balaban J connectivity index is 2.53. The minimum atomic E-state index is -0.216. The Bertz CT molecular complexity index is 218. The molecule has 0 atom stereocenters. The van der Waals surface area contributed by atoms with Crippen LogP contribution in [0.25, 0.3) is 0 Å². The number of hydrogen-bond acceptors (Lipinski definition) is 2. The van der Waals surface area contributed by atoms with E-state index in [1.54, 1.807) is 31.4 Å². The van der Waals surface area contributed by atoms with Gasteiger partial charge in [0.25, 0.3) is 0 Å². The largest absolute Gasteiger partial charge is 0.497 e. The fourth-order valence-electron chi connectivity index (χ4n) is 0.831. The van der Waals surface area contributed by atoms with Crippen LogP contribution in [0.2, 0.25) is 0 Å². The Kier molecular flexibility index (Phi) is 3.41. The monoisotopic (exact) mass is 167 g/mol. The standard InChI is InChI=1S/C9H11O3/c1-11-8-2-4-9(5-3-8)12-7-6-10/h2-5H,6-7H2,1H3. The van der Waals surface area contributed by atoms with Crippen LogP contribution in [0.5, 0.6) is 11.5 Å². The maximum absolute atomic E-state index is 10.1. The second-order valence-electron chi connectivity index (χ2n) is 2.23. The number of methoxy groups -OCH3 is 1. The molecule has 0 heterocycles. The van der Waals surface area contributed by atoms with E-state index >= 15 is 0 Å². The molecule has 1 aromatic carbocycles. The van der Waals surface area contributed by atoms with Crippen LogP contribution in [-0.4, -0.2) is 20.3 Å². The van der Waals surface area contributed by atoms with Gasteiger partial charge < -0.3 is 9.47 Å². The minimum Gasteiger partial charge on any atom is -0.497 e. The lowest BCUT2D eigenvalue weighted by Gasteiger charge is -2.03. The Labute approximate surface area is 71.5 Å². The maximum atomic E-state index is 10.1. The van der Waals surface area contributed by atoms with Gasteiger partial charge in [-0.1, -0.05) is 0 Å². The topological polar surface area (TPSA) is 38.4 Å². The number of benzene rings is 1. The average Bonchev–Trinajstić information content (AvgIpc) is 2.15. The molecule has 0 spiro atoms. The van der Waals surface area contributed by atoms with Gasteiger partial charge in [0.2, 0.25) is 0 Å². The molecular formula is C9H11O3. The molecule has 0 bridgehead atoms. The van der Waals surface area contributed by atoms with E-state index in [9.17, 15) is 5.11 Å². The van der Waals surface area contributed by atoms with Gasteiger partial charge in [-0.3, -0.25) is 0 Å². The Morgan fingerprint density at radius 2 is 1.75 bits per heavy atom. The smallest absolute Gasteiger partial charge is 0.119 e. The van der Waals surface area contributed by atoms with E-state index in [0.29, 0.717) is 5.75 Å². The highest BCUT2D eigenvalue weighted by molar-refractivity contribution is 5.30. The van der Waals surface area contributed by atoms with Crippen LogP contribution in [0, 0.1) is 0 Å². The molecule has 12 heavy (non-hydrogen) atoms. The number of rotatable bonds is 4. The summed E-state index contributed by atoms with van der Waals surface area (Å²) in [4.78, 5) is 0. The van der Waals surface area contributed by atoms with Gasteiger partial charge >= 0.3 is 0 Å². The van der Waals surface area contributed by atoms with Gasteiger partial charge in [0.1, 0.15) is 24.7 Å². The van der Waals surface area contributed by atoms with Crippen LogP contribution in [0.4, 0.5) is 0 Å². The van der Waals surface area contributed by atoms with E-state index in [4.69, 9.17) is 9.47 Å². The van der Waals surface area contributed by atoms with E-state index < -0.39 is 0 Å². The third-order valence-electron chi connectivity index (χ3n) is 1.41. The first kappa shape index (κ1) is 8.87. The van der Waals surface area contributed by atoms with E-state index in [0.717, 1.165) is 5.75 Å². The third kappa shape index (κ3) is 2.43. The zero-order valence-electron chi connectivity index (χ0n) is 6.95. The predicted octanol–water partition coefficient (Wildman–Crippen LogP) is 1.50. The quantitative estimate of drug-likeness (QED) is 0.681. The van der Waals surface area contributed by atoms with Crippen LogP contribution in [0.15, 0.2) is 24.3 Å². The fraction of sp³-hybridized carbons (Fsp3) is 0.333. The second kappa shape index (κ2) is 4.62. The summed E-state index contributed by atoms with van der Waals surface area (Å²) in [7, 11) is 1.60.